The Kier molecular flexibility index (Phi) is 2.06. The molecule has 0 N–H and O–H groups in total. The highest BCUT2D eigenvalue weighted by Crippen LogP contribution is 2.51. The van der Waals surface area contributed by atoms with E-state index in [2.05, 4.69) is 20.9 Å². The van der Waals surface area contributed by atoms with Crippen LogP contribution in [0.3, 0.4) is 0 Å². The van der Waals surface area contributed by atoms with Crippen molar-refractivity contribution in [3.8, 4) is 0 Å². The summed E-state index contributed by atoms with van der Waals surface area (Å²) in [6.45, 7) is 0. The number of hydrogen-bond acceptors (Lipinski definition) is 2. The second-order valence-electron chi connectivity index (χ2n) is 3.21. The Hall–Kier alpha value is -0.920. The largest absolute Gasteiger partial charge is 0.235 e. The molecule has 0 heterocycles. The monoisotopic (exact) mass is 237 g/mol. The Labute approximate surface area is 84.8 Å². The average molecular weight is 238 g/mol. The predicted octanol–water partition coefficient (Wildman–Crippen LogP) is 2.77. The third-order valence-electron chi connectivity index (χ3n) is 2.36. The number of halogens is 1. The standard InChI is InChI=1S/C10H8BrNO/c11-9-4-2-1-3-8(9)10(5-6-10)12-7-13/h1-4H,5-6H2. The third kappa shape index (κ3) is 1.45. The van der Waals surface area contributed by atoms with Crippen molar-refractivity contribution >= 4 is 22.0 Å². The molecule has 13 heavy (non-hydrogen) atoms. The Balaban J connectivity index is 2.46. The van der Waals surface area contributed by atoms with E-state index >= 15 is 0 Å². The first-order valence-electron chi connectivity index (χ1n) is 4.12. The number of rotatable bonds is 2. The highest BCUT2D eigenvalue weighted by atomic mass is 79.9. The van der Waals surface area contributed by atoms with Gasteiger partial charge in [-0.15, -0.1) is 0 Å². The maximum Gasteiger partial charge on any atom is 0.235 e. The van der Waals surface area contributed by atoms with Crippen molar-refractivity contribution < 1.29 is 4.79 Å². The zero-order valence-corrected chi connectivity index (χ0v) is 8.54. The van der Waals surface area contributed by atoms with Crippen LogP contribution in [0.4, 0.5) is 0 Å². The molecule has 1 aliphatic rings. The van der Waals surface area contributed by atoms with Crippen LogP contribution >= 0.6 is 15.9 Å². The lowest BCUT2D eigenvalue weighted by Crippen LogP contribution is -2.02. The quantitative estimate of drug-likeness (QED) is 0.575. The van der Waals surface area contributed by atoms with Gasteiger partial charge in [-0.1, -0.05) is 34.1 Å². The highest BCUT2D eigenvalue weighted by molar-refractivity contribution is 9.10. The molecule has 0 aliphatic heterocycles. The number of aliphatic imine (C=N–C) groups is 1. The molecule has 0 radical (unpaired) electrons. The Morgan fingerprint density at radius 1 is 1.38 bits per heavy atom. The maximum absolute atomic E-state index is 10.2. The van der Waals surface area contributed by atoms with E-state index < -0.39 is 0 Å². The molecular weight excluding hydrogens is 230 g/mol. The second-order valence-corrected chi connectivity index (χ2v) is 4.07. The van der Waals surface area contributed by atoms with E-state index in [0.717, 1.165) is 22.9 Å². The predicted molar refractivity (Wildman–Crippen MR) is 53.2 cm³/mol. The molecule has 2 nitrogen and oxygen atoms in total. The van der Waals surface area contributed by atoms with E-state index in [0.29, 0.717) is 0 Å². The fraction of sp³-hybridized carbons (Fsp3) is 0.300. The molecule has 0 spiro atoms. The van der Waals surface area contributed by atoms with Crippen molar-refractivity contribution in [3.05, 3.63) is 34.3 Å². The van der Waals surface area contributed by atoms with Crippen molar-refractivity contribution in [1.29, 1.82) is 0 Å². The van der Waals surface area contributed by atoms with Gasteiger partial charge in [-0.3, -0.25) is 0 Å². The fourth-order valence-corrected chi connectivity index (χ4v) is 2.14. The van der Waals surface area contributed by atoms with Gasteiger partial charge in [0, 0.05) is 4.47 Å². The minimum atomic E-state index is -0.262. The molecule has 1 fully saturated rings. The van der Waals surface area contributed by atoms with Gasteiger partial charge >= 0.3 is 0 Å². The lowest BCUT2D eigenvalue weighted by Gasteiger charge is -2.09. The summed E-state index contributed by atoms with van der Waals surface area (Å²) in [4.78, 5) is 14.1. The minimum absolute atomic E-state index is 0.262. The summed E-state index contributed by atoms with van der Waals surface area (Å²) in [7, 11) is 0. The third-order valence-corrected chi connectivity index (χ3v) is 3.05. The molecule has 1 aromatic rings. The Morgan fingerprint density at radius 2 is 2.08 bits per heavy atom. The van der Waals surface area contributed by atoms with Crippen LogP contribution in [0.2, 0.25) is 0 Å². The van der Waals surface area contributed by atoms with Gasteiger partial charge in [-0.25, -0.2) is 4.79 Å². The van der Waals surface area contributed by atoms with Crippen LogP contribution in [0.1, 0.15) is 18.4 Å². The van der Waals surface area contributed by atoms with E-state index in [1.165, 1.54) is 0 Å². The molecule has 0 aromatic heterocycles. The van der Waals surface area contributed by atoms with Crippen LogP contribution in [0.25, 0.3) is 0 Å². The lowest BCUT2D eigenvalue weighted by molar-refractivity contribution is 0.556. The molecule has 0 unspecified atom stereocenters. The van der Waals surface area contributed by atoms with Crippen molar-refractivity contribution in [3.63, 3.8) is 0 Å². The summed E-state index contributed by atoms with van der Waals surface area (Å²) in [5.41, 5.74) is 0.834. The molecule has 0 amide bonds. The number of nitrogens with zero attached hydrogens (tertiary/aromatic N) is 1. The molecule has 1 aromatic carbocycles. The average Bonchev–Trinajstić information content (AvgIpc) is 2.87. The van der Waals surface area contributed by atoms with Gasteiger partial charge in [0.15, 0.2) is 0 Å². The number of carbonyl (C=O) groups excluding carboxylic acids is 1. The van der Waals surface area contributed by atoms with Gasteiger partial charge in [0.25, 0.3) is 0 Å². The van der Waals surface area contributed by atoms with Crippen LogP contribution in [-0.4, -0.2) is 6.08 Å². The van der Waals surface area contributed by atoms with Crippen LogP contribution < -0.4 is 0 Å². The summed E-state index contributed by atoms with van der Waals surface area (Å²) in [5, 5.41) is 0. The normalized spacial score (nSPS) is 17.6. The van der Waals surface area contributed by atoms with Gasteiger partial charge in [0.05, 0.1) is 5.54 Å². The number of benzene rings is 1. The van der Waals surface area contributed by atoms with E-state index in [1.54, 1.807) is 6.08 Å². The molecule has 0 atom stereocenters. The van der Waals surface area contributed by atoms with E-state index in [4.69, 9.17) is 0 Å². The molecule has 2 rings (SSSR count). The molecule has 3 heteroatoms. The molecule has 66 valence electrons. The number of isocyanates is 1. The van der Waals surface area contributed by atoms with Crippen LogP contribution in [0, 0.1) is 0 Å². The van der Waals surface area contributed by atoms with Gasteiger partial charge < -0.3 is 0 Å². The Bertz CT molecular complexity index is 378. The summed E-state index contributed by atoms with van der Waals surface area (Å²) < 4.78 is 1.02. The summed E-state index contributed by atoms with van der Waals surface area (Å²) in [6.07, 6.45) is 3.55. The van der Waals surface area contributed by atoms with Crippen LogP contribution in [0.15, 0.2) is 33.7 Å². The van der Waals surface area contributed by atoms with Crippen LogP contribution in [-0.2, 0) is 10.3 Å². The lowest BCUT2D eigenvalue weighted by atomic mass is 10.1. The SMILES string of the molecule is O=C=NC1(c2ccccc2Br)CC1. The van der Waals surface area contributed by atoms with Crippen molar-refractivity contribution in [1.82, 2.24) is 0 Å². The summed E-state index contributed by atoms with van der Waals surface area (Å²) >= 11 is 3.45. The molecule has 1 saturated carbocycles. The van der Waals surface area contributed by atoms with E-state index in [-0.39, 0.29) is 5.54 Å². The topological polar surface area (TPSA) is 29.4 Å². The Morgan fingerprint density at radius 3 is 2.62 bits per heavy atom. The first kappa shape index (κ1) is 8.67. The second kappa shape index (κ2) is 3.09. The summed E-state index contributed by atoms with van der Waals surface area (Å²) in [6, 6.07) is 7.88. The van der Waals surface area contributed by atoms with Gasteiger partial charge in [-0.05, 0) is 24.5 Å². The molecule has 0 saturated heterocycles. The zero-order valence-electron chi connectivity index (χ0n) is 6.96. The van der Waals surface area contributed by atoms with Crippen molar-refractivity contribution in [2.24, 2.45) is 4.99 Å². The van der Waals surface area contributed by atoms with Crippen molar-refractivity contribution in [2.45, 2.75) is 18.4 Å². The highest BCUT2D eigenvalue weighted by Gasteiger charge is 2.45. The fourth-order valence-electron chi connectivity index (χ4n) is 1.49. The maximum atomic E-state index is 10.2. The van der Waals surface area contributed by atoms with Gasteiger partial charge in [-0.2, -0.15) is 4.99 Å². The first-order chi connectivity index (χ1) is 6.28. The zero-order chi connectivity index (χ0) is 9.31. The van der Waals surface area contributed by atoms with E-state index in [9.17, 15) is 4.79 Å². The van der Waals surface area contributed by atoms with Crippen molar-refractivity contribution in [2.75, 3.05) is 0 Å². The minimum Gasteiger partial charge on any atom is -0.211 e. The summed E-state index contributed by atoms with van der Waals surface area (Å²) in [5.74, 6) is 0. The van der Waals surface area contributed by atoms with Gasteiger partial charge in [0.1, 0.15) is 0 Å². The molecule has 1 aliphatic carbocycles. The smallest absolute Gasteiger partial charge is 0.211 e. The molecular formula is C10H8BrNO. The van der Waals surface area contributed by atoms with Gasteiger partial charge in [0.2, 0.25) is 6.08 Å². The number of hydrogen-bond donors (Lipinski definition) is 0. The first-order valence-corrected chi connectivity index (χ1v) is 4.92. The molecule has 0 bridgehead atoms. The van der Waals surface area contributed by atoms with E-state index in [1.807, 2.05) is 24.3 Å². The van der Waals surface area contributed by atoms with Crippen LogP contribution in [0.5, 0.6) is 0 Å².